The van der Waals surface area contributed by atoms with Gasteiger partial charge in [-0.2, -0.15) is 0 Å². The van der Waals surface area contributed by atoms with Crippen LogP contribution >= 0.6 is 0 Å². The van der Waals surface area contributed by atoms with Crippen LogP contribution in [0.1, 0.15) is 119 Å². The molecular formula is C71H90N18. The third-order valence-corrected chi connectivity index (χ3v) is 21.5. The van der Waals surface area contributed by atoms with Gasteiger partial charge < -0.3 is 43.5 Å². The van der Waals surface area contributed by atoms with Crippen molar-refractivity contribution in [2.24, 2.45) is 21.1 Å². The number of nitrogens with one attached hydrogen (secondary N) is 1. The van der Waals surface area contributed by atoms with Crippen LogP contribution in [0.4, 0.5) is 17.1 Å². The van der Waals surface area contributed by atoms with Crippen molar-refractivity contribution < 1.29 is 0 Å². The van der Waals surface area contributed by atoms with Crippen molar-refractivity contribution in [1.82, 2.24) is 73.4 Å². The Balaban J connectivity index is 0.720. The average molecular weight is 1200 g/mol. The van der Waals surface area contributed by atoms with Gasteiger partial charge >= 0.3 is 0 Å². The fourth-order valence-corrected chi connectivity index (χ4v) is 16.4. The second-order valence-corrected chi connectivity index (χ2v) is 26.9. The van der Waals surface area contributed by atoms with Gasteiger partial charge in [-0.15, -0.1) is 0 Å². The molecule has 6 aliphatic rings. The summed E-state index contributed by atoms with van der Waals surface area (Å²) in [4.78, 5) is 52.0. The molecule has 0 spiro atoms. The molecule has 3 aliphatic heterocycles. The van der Waals surface area contributed by atoms with Crippen molar-refractivity contribution in [2.75, 3.05) is 128 Å². The molecular weight excluding hydrogens is 1100 g/mol. The van der Waals surface area contributed by atoms with Crippen molar-refractivity contribution in [3.05, 3.63) is 148 Å². The Bertz CT molecular complexity index is 4060. The number of anilines is 3. The molecule has 18 nitrogen and oxygen atoms in total. The highest BCUT2D eigenvalue weighted by molar-refractivity contribution is 5.96. The molecule has 9 heterocycles. The Kier molecular flexibility index (Phi) is 15.7. The number of aromatic nitrogens is 9. The lowest BCUT2D eigenvalue weighted by molar-refractivity contribution is 0.198. The number of pyridine rings is 3. The second-order valence-electron chi connectivity index (χ2n) is 26.9. The van der Waals surface area contributed by atoms with E-state index < -0.39 is 0 Å². The third-order valence-electron chi connectivity index (χ3n) is 21.5. The first-order chi connectivity index (χ1) is 43.4. The predicted octanol–water partition coefficient (Wildman–Crippen LogP) is 9.23. The van der Waals surface area contributed by atoms with Crippen molar-refractivity contribution in [2.45, 2.75) is 95.0 Å². The number of benzene rings is 3. The van der Waals surface area contributed by atoms with Gasteiger partial charge in [-0.05, 0) is 169 Å². The zero-order valence-electron chi connectivity index (χ0n) is 53.8. The van der Waals surface area contributed by atoms with Crippen LogP contribution in [0.5, 0.6) is 0 Å². The molecule has 0 bridgehead atoms. The first-order valence-corrected chi connectivity index (χ1v) is 33.2. The molecule has 0 saturated carbocycles. The summed E-state index contributed by atoms with van der Waals surface area (Å²) in [6.45, 7) is 14.2. The largest absolute Gasteiger partial charge is 0.367 e. The van der Waals surface area contributed by atoms with Crippen LogP contribution in [0.3, 0.4) is 0 Å². The quantitative estimate of drug-likeness (QED) is 0.111. The van der Waals surface area contributed by atoms with Gasteiger partial charge in [0.2, 0.25) is 0 Å². The summed E-state index contributed by atoms with van der Waals surface area (Å²) in [5, 5.41) is 3.64. The molecule has 3 saturated heterocycles. The van der Waals surface area contributed by atoms with Gasteiger partial charge in [-0.3, -0.25) is 29.7 Å². The highest BCUT2D eigenvalue weighted by Gasteiger charge is 2.37. The molecule has 464 valence electrons. The van der Waals surface area contributed by atoms with Crippen molar-refractivity contribution in [3.63, 3.8) is 0 Å². The maximum Gasteiger partial charge on any atom is 0.123 e. The number of imidazole rings is 3. The van der Waals surface area contributed by atoms with Crippen LogP contribution in [0.2, 0.25) is 0 Å². The summed E-state index contributed by atoms with van der Waals surface area (Å²) >= 11 is 0. The molecule has 3 aromatic carbocycles. The van der Waals surface area contributed by atoms with E-state index in [0.717, 1.165) is 171 Å². The molecule has 1 unspecified atom stereocenters. The average Bonchev–Trinajstić information content (AvgIpc) is 1.85. The first-order valence-electron chi connectivity index (χ1n) is 33.2. The van der Waals surface area contributed by atoms with E-state index in [1.165, 1.54) is 90.5 Å². The molecule has 3 fully saturated rings. The van der Waals surface area contributed by atoms with Crippen molar-refractivity contribution in [1.29, 1.82) is 0 Å². The summed E-state index contributed by atoms with van der Waals surface area (Å²) in [5.74, 6) is 3.45. The van der Waals surface area contributed by atoms with Crippen LogP contribution in [0.25, 0.3) is 44.2 Å². The molecule has 4 atom stereocenters. The molecule has 0 amide bonds. The monoisotopic (exact) mass is 1190 g/mol. The molecule has 0 radical (unpaired) electrons. The summed E-state index contributed by atoms with van der Waals surface area (Å²) in [5.41, 5.74) is 22.4. The fourth-order valence-electron chi connectivity index (χ4n) is 16.4. The SMILES string of the molecule is CN1CCN(c2cccc3nc(CN(C)[C@@H]4CCCc5c(-c6cc(N7CCN(C)CC7)c7c(c6)nc(CN(C)[C@H]6CCC(c8ccc9nc(CN(C)[C@H]%10CCCc%11cccnc%11%10)n(C)c9c8N8CCNCC8)c8cccnc86)n7C)ccnc54)n(C)c23)CC1. The smallest absolute Gasteiger partial charge is 0.123 e. The molecule has 3 aliphatic carbocycles. The normalized spacial score (nSPS) is 21.3. The Morgan fingerprint density at radius 2 is 1.04 bits per heavy atom. The first kappa shape index (κ1) is 58.1. The molecule has 6 aromatic heterocycles. The van der Waals surface area contributed by atoms with E-state index in [4.69, 9.17) is 29.9 Å². The summed E-state index contributed by atoms with van der Waals surface area (Å²) < 4.78 is 7.15. The van der Waals surface area contributed by atoms with E-state index >= 15 is 0 Å². The number of rotatable bonds is 14. The minimum atomic E-state index is 0.130. The molecule has 18 heteroatoms. The number of nitrogens with zero attached hydrogens (tertiary/aromatic N) is 17. The maximum absolute atomic E-state index is 5.65. The van der Waals surface area contributed by atoms with Gasteiger partial charge in [-0.25, -0.2) is 15.0 Å². The fraction of sp³-hybridized carbons (Fsp3) is 0.493. The van der Waals surface area contributed by atoms with E-state index in [-0.39, 0.29) is 24.0 Å². The van der Waals surface area contributed by atoms with Gasteiger partial charge in [0.15, 0.2) is 0 Å². The Morgan fingerprint density at radius 1 is 0.472 bits per heavy atom. The highest BCUT2D eigenvalue weighted by atomic mass is 15.3. The second kappa shape index (κ2) is 24.1. The lowest BCUT2D eigenvalue weighted by Gasteiger charge is -2.38. The standard InChI is InChI=1S/C71H90N18/c1-79-34-38-87(39-35-79)60-21-11-18-54-69(60)84(6)62(76-54)44-82(4)58-20-10-16-51-49(26-29-75-66(51)58)48-42-56-70(61(43-48)88-40-36-80(2)37-41-88)85(7)64(78-56)46-83(5)59-25-23-50(52-17-13-28-74-67(52)59)53-22-24-55-71(68(53)89-32-30-72-31-33-89)86(8)63(77-55)45-81(3)57-19-9-14-47-15-12-27-73-65(47)57/h11-13,15,17-18,21-22,24,26-29,42-43,50,57-59,72H,9-10,14,16,19-20,23,25,30-41,44-46H2,1-8H3/t50?,57-,58+,59-/m0/s1. The van der Waals surface area contributed by atoms with Gasteiger partial charge in [-0.1, -0.05) is 24.3 Å². The van der Waals surface area contributed by atoms with E-state index in [1.54, 1.807) is 0 Å². The predicted molar refractivity (Wildman–Crippen MR) is 358 cm³/mol. The van der Waals surface area contributed by atoms with Crippen LogP contribution < -0.4 is 20.0 Å². The zero-order chi connectivity index (χ0) is 60.6. The van der Waals surface area contributed by atoms with Crippen LogP contribution in [0.15, 0.2) is 91.4 Å². The number of hydrogen-bond donors (Lipinski definition) is 1. The van der Waals surface area contributed by atoms with Crippen molar-refractivity contribution in [3.8, 4) is 11.1 Å². The van der Waals surface area contributed by atoms with Crippen LogP contribution in [-0.2, 0) is 53.6 Å². The lowest BCUT2D eigenvalue weighted by Crippen LogP contribution is -2.44. The van der Waals surface area contributed by atoms with E-state index in [1.807, 2.05) is 12.4 Å². The number of likely N-dealkylation sites (N-methyl/N-ethyl adjacent to an activating group) is 2. The number of aryl methyl sites for hydroxylation is 4. The Morgan fingerprint density at radius 3 is 1.74 bits per heavy atom. The van der Waals surface area contributed by atoms with Crippen molar-refractivity contribution >= 4 is 50.2 Å². The Hall–Kier alpha value is -7.32. The van der Waals surface area contributed by atoms with Gasteiger partial charge in [0.25, 0.3) is 0 Å². The van der Waals surface area contributed by atoms with E-state index in [2.05, 4.69) is 194 Å². The summed E-state index contributed by atoms with van der Waals surface area (Å²) in [6, 6.07) is 27.9. The topological polar surface area (TPSA) is 130 Å². The van der Waals surface area contributed by atoms with Gasteiger partial charge in [0.05, 0.1) is 105 Å². The minimum absolute atomic E-state index is 0.130. The van der Waals surface area contributed by atoms with Gasteiger partial charge in [0, 0.05) is 124 Å². The molecule has 89 heavy (non-hydrogen) atoms. The maximum atomic E-state index is 5.65. The molecule has 15 rings (SSSR count). The minimum Gasteiger partial charge on any atom is -0.367 e. The number of piperazine rings is 3. The third kappa shape index (κ3) is 10.6. The van der Waals surface area contributed by atoms with E-state index in [9.17, 15) is 0 Å². The summed E-state index contributed by atoms with van der Waals surface area (Å²) in [6.07, 6.45) is 14.6. The number of hydrogen-bond acceptors (Lipinski definition) is 15. The van der Waals surface area contributed by atoms with Crippen LogP contribution in [-0.4, -0.2) is 182 Å². The zero-order valence-corrected chi connectivity index (χ0v) is 53.8. The Labute approximate surface area is 525 Å². The number of para-hydroxylation sites is 1. The highest BCUT2D eigenvalue weighted by Crippen LogP contribution is 2.48. The summed E-state index contributed by atoms with van der Waals surface area (Å²) in [7, 11) is 18.0. The lowest BCUT2D eigenvalue weighted by atomic mass is 9.77. The van der Waals surface area contributed by atoms with E-state index in [0.29, 0.717) is 6.54 Å². The van der Waals surface area contributed by atoms with Gasteiger partial charge in [0.1, 0.15) is 17.5 Å². The number of fused-ring (bicyclic) bond motifs is 6. The van der Waals surface area contributed by atoms with Crippen LogP contribution in [0, 0.1) is 0 Å². The molecule has 1 N–H and O–H groups in total. The molecule has 9 aromatic rings.